The SMILES string of the molecule is O=C(COc1ccc(F)cc1)NCCSCCCO. The Hall–Kier alpha value is -1.27. The van der Waals surface area contributed by atoms with Crippen molar-refractivity contribution >= 4 is 17.7 Å². The number of hydrogen-bond donors (Lipinski definition) is 2. The van der Waals surface area contributed by atoms with E-state index in [0.29, 0.717) is 12.3 Å². The van der Waals surface area contributed by atoms with Crippen LogP contribution in [0.3, 0.4) is 0 Å². The molecule has 1 amide bonds. The number of halogens is 1. The fourth-order valence-electron chi connectivity index (χ4n) is 1.26. The van der Waals surface area contributed by atoms with E-state index in [0.717, 1.165) is 17.9 Å². The van der Waals surface area contributed by atoms with Crippen LogP contribution in [0.1, 0.15) is 6.42 Å². The highest BCUT2D eigenvalue weighted by Gasteiger charge is 2.02. The molecule has 0 spiro atoms. The summed E-state index contributed by atoms with van der Waals surface area (Å²) in [5.41, 5.74) is 0. The Kier molecular flexibility index (Phi) is 8.00. The molecular formula is C13H18FNO3S. The smallest absolute Gasteiger partial charge is 0.257 e. The molecule has 2 N–H and O–H groups in total. The fraction of sp³-hybridized carbons (Fsp3) is 0.462. The summed E-state index contributed by atoms with van der Waals surface area (Å²) in [5, 5.41) is 11.3. The lowest BCUT2D eigenvalue weighted by Crippen LogP contribution is -2.30. The quantitative estimate of drug-likeness (QED) is 0.675. The molecule has 19 heavy (non-hydrogen) atoms. The van der Waals surface area contributed by atoms with Gasteiger partial charge in [-0.05, 0) is 36.4 Å². The number of rotatable bonds is 9. The van der Waals surface area contributed by atoms with E-state index >= 15 is 0 Å². The molecule has 0 saturated heterocycles. The lowest BCUT2D eigenvalue weighted by molar-refractivity contribution is -0.122. The summed E-state index contributed by atoms with van der Waals surface area (Å²) in [6.45, 7) is 0.694. The number of carbonyl (C=O) groups excluding carboxylic acids is 1. The predicted octanol–water partition coefficient (Wildman–Crippen LogP) is 1.44. The van der Waals surface area contributed by atoms with Gasteiger partial charge in [0.25, 0.3) is 5.91 Å². The second-order valence-corrected chi connectivity index (χ2v) is 5.01. The van der Waals surface area contributed by atoms with Crippen molar-refractivity contribution in [3.8, 4) is 5.75 Å². The molecule has 106 valence electrons. The van der Waals surface area contributed by atoms with Crippen molar-refractivity contribution in [3.63, 3.8) is 0 Å². The van der Waals surface area contributed by atoms with Gasteiger partial charge in [0.1, 0.15) is 11.6 Å². The van der Waals surface area contributed by atoms with Crippen molar-refractivity contribution in [2.75, 3.05) is 31.3 Å². The van der Waals surface area contributed by atoms with Gasteiger partial charge < -0.3 is 15.2 Å². The largest absolute Gasteiger partial charge is 0.484 e. The molecule has 0 aromatic heterocycles. The molecule has 0 fully saturated rings. The van der Waals surface area contributed by atoms with E-state index in [1.807, 2.05) is 0 Å². The van der Waals surface area contributed by atoms with Crippen molar-refractivity contribution in [1.29, 1.82) is 0 Å². The van der Waals surface area contributed by atoms with Crippen molar-refractivity contribution in [3.05, 3.63) is 30.1 Å². The Balaban J connectivity index is 2.06. The van der Waals surface area contributed by atoms with Gasteiger partial charge in [0, 0.05) is 18.9 Å². The summed E-state index contributed by atoms with van der Waals surface area (Å²) in [6, 6.07) is 5.52. The molecule has 1 rings (SSSR count). The zero-order chi connectivity index (χ0) is 13.9. The Bertz CT molecular complexity index is 373. The number of hydrogen-bond acceptors (Lipinski definition) is 4. The highest BCUT2D eigenvalue weighted by Crippen LogP contribution is 2.10. The Morgan fingerprint density at radius 2 is 2.05 bits per heavy atom. The normalized spacial score (nSPS) is 10.2. The standard InChI is InChI=1S/C13H18FNO3S/c14-11-2-4-12(5-3-11)18-10-13(17)15-6-9-19-8-1-7-16/h2-5,16H,1,6-10H2,(H,15,17). The summed E-state index contributed by atoms with van der Waals surface area (Å²) in [5.74, 6) is 1.62. The third-order valence-electron chi connectivity index (χ3n) is 2.20. The maximum absolute atomic E-state index is 12.6. The predicted molar refractivity (Wildman–Crippen MR) is 73.9 cm³/mol. The number of amides is 1. The molecule has 4 nitrogen and oxygen atoms in total. The van der Waals surface area contributed by atoms with Gasteiger partial charge in [0.05, 0.1) is 0 Å². The van der Waals surface area contributed by atoms with Crippen LogP contribution in [0, 0.1) is 5.82 Å². The number of nitrogens with one attached hydrogen (secondary N) is 1. The summed E-state index contributed by atoms with van der Waals surface area (Å²) >= 11 is 1.68. The van der Waals surface area contributed by atoms with Gasteiger partial charge in [-0.15, -0.1) is 0 Å². The Morgan fingerprint density at radius 1 is 1.32 bits per heavy atom. The van der Waals surface area contributed by atoms with Crippen LogP contribution < -0.4 is 10.1 Å². The number of aliphatic hydroxyl groups excluding tert-OH is 1. The van der Waals surface area contributed by atoms with E-state index < -0.39 is 0 Å². The van der Waals surface area contributed by atoms with E-state index in [1.54, 1.807) is 11.8 Å². The molecule has 0 bridgehead atoms. The molecule has 0 aliphatic rings. The van der Waals surface area contributed by atoms with Crippen LogP contribution in [-0.4, -0.2) is 42.3 Å². The minimum Gasteiger partial charge on any atom is -0.484 e. The summed E-state index contributed by atoms with van der Waals surface area (Å²) in [4.78, 5) is 11.4. The van der Waals surface area contributed by atoms with Crippen molar-refractivity contribution in [2.45, 2.75) is 6.42 Å². The van der Waals surface area contributed by atoms with Gasteiger partial charge in [-0.2, -0.15) is 11.8 Å². The maximum Gasteiger partial charge on any atom is 0.257 e. The highest BCUT2D eigenvalue weighted by molar-refractivity contribution is 7.99. The highest BCUT2D eigenvalue weighted by atomic mass is 32.2. The number of benzene rings is 1. The molecule has 0 heterocycles. The minimum absolute atomic E-state index is 0.0764. The van der Waals surface area contributed by atoms with E-state index in [9.17, 15) is 9.18 Å². The lowest BCUT2D eigenvalue weighted by atomic mass is 10.3. The number of aliphatic hydroxyl groups is 1. The van der Waals surface area contributed by atoms with Crippen molar-refractivity contribution in [2.24, 2.45) is 0 Å². The summed E-state index contributed by atoms with van der Waals surface area (Å²) < 4.78 is 17.8. The molecule has 0 atom stereocenters. The molecule has 1 aromatic rings. The van der Waals surface area contributed by atoms with E-state index in [1.165, 1.54) is 24.3 Å². The molecular weight excluding hydrogens is 269 g/mol. The molecule has 0 unspecified atom stereocenters. The fourth-order valence-corrected chi connectivity index (χ4v) is 2.05. The molecule has 0 saturated carbocycles. The van der Waals surface area contributed by atoms with E-state index in [2.05, 4.69) is 5.32 Å². The zero-order valence-electron chi connectivity index (χ0n) is 10.6. The van der Waals surface area contributed by atoms with Crippen LogP contribution >= 0.6 is 11.8 Å². The first-order valence-corrected chi connectivity index (χ1v) is 7.21. The monoisotopic (exact) mass is 287 g/mol. The first-order chi connectivity index (χ1) is 9.22. The second kappa shape index (κ2) is 9.63. The van der Waals surface area contributed by atoms with Gasteiger partial charge in [-0.1, -0.05) is 0 Å². The molecule has 1 aromatic carbocycles. The van der Waals surface area contributed by atoms with Gasteiger partial charge >= 0.3 is 0 Å². The van der Waals surface area contributed by atoms with Gasteiger partial charge in [-0.3, -0.25) is 4.79 Å². The molecule has 6 heteroatoms. The summed E-state index contributed by atoms with van der Waals surface area (Å²) in [6.07, 6.45) is 0.770. The van der Waals surface area contributed by atoms with E-state index in [-0.39, 0.29) is 24.9 Å². The van der Waals surface area contributed by atoms with Crippen LogP contribution in [0.5, 0.6) is 5.75 Å². The van der Waals surface area contributed by atoms with Gasteiger partial charge in [-0.25, -0.2) is 4.39 Å². The minimum atomic E-state index is -0.336. The Morgan fingerprint density at radius 3 is 2.74 bits per heavy atom. The second-order valence-electron chi connectivity index (χ2n) is 3.78. The maximum atomic E-state index is 12.6. The molecule has 0 aliphatic carbocycles. The number of carbonyl (C=O) groups is 1. The number of ether oxygens (including phenoxy) is 1. The first-order valence-electron chi connectivity index (χ1n) is 6.06. The van der Waals surface area contributed by atoms with E-state index in [4.69, 9.17) is 9.84 Å². The van der Waals surface area contributed by atoms with Crippen LogP contribution in [0.2, 0.25) is 0 Å². The Labute approximate surface area is 116 Å². The van der Waals surface area contributed by atoms with Crippen LogP contribution in [-0.2, 0) is 4.79 Å². The van der Waals surface area contributed by atoms with Crippen molar-refractivity contribution in [1.82, 2.24) is 5.32 Å². The van der Waals surface area contributed by atoms with Crippen LogP contribution in [0.4, 0.5) is 4.39 Å². The van der Waals surface area contributed by atoms with Gasteiger partial charge in [0.15, 0.2) is 6.61 Å². The average molecular weight is 287 g/mol. The first kappa shape index (κ1) is 15.8. The number of thioether (sulfide) groups is 1. The van der Waals surface area contributed by atoms with Crippen molar-refractivity contribution < 1.29 is 19.0 Å². The molecule has 0 radical (unpaired) electrons. The van der Waals surface area contributed by atoms with Crippen LogP contribution in [0.25, 0.3) is 0 Å². The molecule has 0 aliphatic heterocycles. The third kappa shape index (κ3) is 7.69. The van der Waals surface area contributed by atoms with Crippen LogP contribution in [0.15, 0.2) is 24.3 Å². The van der Waals surface area contributed by atoms with Gasteiger partial charge in [0.2, 0.25) is 0 Å². The summed E-state index contributed by atoms with van der Waals surface area (Å²) in [7, 11) is 0. The lowest BCUT2D eigenvalue weighted by Gasteiger charge is -2.07. The third-order valence-corrected chi connectivity index (χ3v) is 3.27. The zero-order valence-corrected chi connectivity index (χ0v) is 11.4. The topological polar surface area (TPSA) is 58.6 Å². The average Bonchev–Trinajstić information content (AvgIpc) is 2.42.